The zero-order chi connectivity index (χ0) is 16.5. The van der Waals surface area contributed by atoms with Crippen molar-refractivity contribution in [2.45, 2.75) is 63.8 Å². The third-order valence-electron chi connectivity index (χ3n) is 4.60. The van der Waals surface area contributed by atoms with E-state index in [9.17, 15) is 9.59 Å². The summed E-state index contributed by atoms with van der Waals surface area (Å²) in [5.74, 6) is -0.590. The highest BCUT2D eigenvalue weighted by molar-refractivity contribution is 5.76. The number of hydrogen-bond donors (Lipinski definition) is 1. The van der Waals surface area contributed by atoms with Gasteiger partial charge in [-0.25, -0.2) is 0 Å². The summed E-state index contributed by atoms with van der Waals surface area (Å²) in [7, 11) is 0. The number of carbonyl (C=O) groups excluding carboxylic acids is 1. The highest BCUT2D eigenvalue weighted by Gasteiger charge is 2.25. The Morgan fingerprint density at radius 3 is 2.35 bits per heavy atom. The molecule has 1 saturated carbocycles. The summed E-state index contributed by atoms with van der Waals surface area (Å²) in [6, 6.07) is 10.7. The third-order valence-corrected chi connectivity index (χ3v) is 4.60. The molecule has 0 aliphatic heterocycles. The van der Waals surface area contributed by atoms with Gasteiger partial charge >= 0.3 is 5.97 Å². The van der Waals surface area contributed by atoms with Gasteiger partial charge in [0.25, 0.3) is 0 Å². The molecule has 126 valence electrons. The second kappa shape index (κ2) is 9.33. The lowest BCUT2D eigenvalue weighted by atomic mass is 10.1. The van der Waals surface area contributed by atoms with E-state index in [1.165, 1.54) is 18.4 Å². The number of nitrogens with zero attached hydrogens (tertiary/aromatic N) is 1. The maximum Gasteiger partial charge on any atom is 0.303 e. The van der Waals surface area contributed by atoms with Crippen LogP contribution in [0, 0.1) is 0 Å². The minimum absolute atomic E-state index is 0.153. The predicted molar refractivity (Wildman–Crippen MR) is 90.2 cm³/mol. The zero-order valence-electron chi connectivity index (χ0n) is 13.7. The van der Waals surface area contributed by atoms with Crippen molar-refractivity contribution in [1.82, 2.24) is 4.90 Å². The Bertz CT molecular complexity index is 495. The number of amides is 1. The van der Waals surface area contributed by atoms with Crippen LogP contribution in [0.1, 0.15) is 56.9 Å². The van der Waals surface area contributed by atoms with Gasteiger partial charge in [-0.1, -0.05) is 43.2 Å². The standard InChI is InChI=1S/C19H27NO3/c21-18(12-6-7-13-19(22)23)20(17-10-4-5-11-17)15-14-16-8-2-1-3-9-16/h1-3,8-9,17H,4-7,10-15H2,(H,22,23). The smallest absolute Gasteiger partial charge is 0.303 e. The van der Waals surface area contributed by atoms with Crippen molar-refractivity contribution >= 4 is 11.9 Å². The number of benzene rings is 1. The fraction of sp³-hybridized carbons (Fsp3) is 0.579. The molecule has 1 fully saturated rings. The first-order valence-corrected chi connectivity index (χ1v) is 8.72. The zero-order valence-corrected chi connectivity index (χ0v) is 13.7. The minimum atomic E-state index is -0.783. The molecule has 1 aliphatic rings. The predicted octanol–water partition coefficient (Wildman–Crippen LogP) is 3.65. The average molecular weight is 317 g/mol. The van der Waals surface area contributed by atoms with Crippen LogP contribution in [0.5, 0.6) is 0 Å². The van der Waals surface area contributed by atoms with Crippen LogP contribution < -0.4 is 0 Å². The number of carboxylic acid groups (broad SMARTS) is 1. The molecular weight excluding hydrogens is 290 g/mol. The maximum atomic E-state index is 12.6. The molecule has 0 heterocycles. The summed E-state index contributed by atoms with van der Waals surface area (Å²) < 4.78 is 0. The second-order valence-corrected chi connectivity index (χ2v) is 6.36. The molecule has 0 radical (unpaired) electrons. The third kappa shape index (κ3) is 6.05. The molecule has 2 rings (SSSR count). The van der Waals surface area contributed by atoms with Gasteiger partial charge in [0.1, 0.15) is 0 Å². The van der Waals surface area contributed by atoms with Crippen LogP contribution >= 0.6 is 0 Å². The molecule has 0 saturated heterocycles. The molecule has 0 aromatic heterocycles. The molecule has 0 bridgehead atoms. The Morgan fingerprint density at radius 1 is 1.04 bits per heavy atom. The van der Waals surface area contributed by atoms with E-state index in [0.29, 0.717) is 25.3 Å². The molecular formula is C19H27NO3. The van der Waals surface area contributed by atoms with Gasteiger partial charge in [0, 0.05) is 25.4 Å². The Labute approximate surface area is 138 Å². The van der Waals surface area contributed by atoms with Crippen LogP contribution in [-0.2, 0) is 16.0 Å². The van der Waals surface area contributed by atoms with Crippen LogP contribution in [0.2, 0.25) is 0 Å². The van der Waals surface area contributed by atoms with Crippen LogP contribution in [0.25, 0.3) is 0 Å². The lowest BCUT2D eigenvalue weighted by Gasteiger charge is -2.29. The average Bonchev–Trinajstić information content (AvgIpc) is 3.07. The summed E-state index contributed by atoms with van der Waals surface area (Å²) in [4.78, 5) is 25.2. The maximum absolute atomic E-state index is 12.6. The molecule has 4 heteroatoms. The molecule has 0 atom stereocenters. The van der Waals surface area contributed by atoms with Gasteiger partial charge in [-0.2, -0.15) is 0 Å². The molecule has 1 aromatic rings. The fourth-order valence-corrected chi connectivity index (χ4v) is 3.32. The van der Waals surface area contributed by atoms with Crippen molar-refractivity contribution in [3.05, 3.63) is 35.9 Å². The largest absolute Gasteiger partial charge is 0.481 e. The van der Waals surface area contributed by atoms with Gasteiger partial charge in [-0.05, 0) is 37.7 Å². The Morgan fingerprint density at radius 2 is 1.70 bits per heavy atom. The summed E-state index contributed by atoms with van der Waals surface area (Å²) in [6.45, 7) is 0.770. The molecule has 1 aromatic carbocycles. The number of hydrogen-bond acceptors (Lipinski definition) is 2. The first kappa shape index (κ1) is 17.5. The number of unbranched alkanes of at least 4 members (excludes halogenated alkanes) is 1. The lowest BCUT2D eigenvalue weighted by Crippen LogP contribution is -2.40. The number of aliphatic carboxylic acids is 1. The number of rotatable bonds is 9. The van der Waals surface area contributed by atoms with Crippen molar-refractivity contribution < 1.29 is 14.7 Å². The van der Waals surface area contributed by atoms with Gasteiger partial charge in [-0.3, -0.25) is 9.59 Å². The molecule has 0 spiro atoms. The second-order valence-electron chi connectivity index (χ2n) is 6.36. The van der Waals surface area contributed by atoms with Gasteiger partial charge in [0.2, 0.25) is 5.91 Å². The Balaban J connectivity index is 1.85. The monoisotopic (exact) mass is 317 g/mol. The molecule has 23 heavy (non-hydrogen) atoms. The highest BCUT2D eigenvalue weighted by atomic mass is 16.4. The van der Waals surface area contributed by atoms with Crippen LogP contribution in [-0.4, -0.2) is 34.5 Å². The van der Waals surface area contributed by atoms with E-state index in [4.69, 9.17) is 5.11 Å². The van der Waals surface area contributed by atoms with Crippen LogP contribution in [0.15, 0.2) is 30.3 Å². The van der Waals surface area contributed by atoms with Crippen LogP contribution in [0.4, 0.5) is 0 Å². The van der Waals surface area contributed by atoms with Crippen molar-refractivity contribution in [1.29, 1.82) is 0 Å². The number of carboxylic acids is 1. The van der Waals surface area contributed by atoms with Crippen molar-refractivity contribution in [3.8, 4) is 0 Å². The first-order chi connectivity index (χ1) is 11.2. The number of carbonyl (C=O) groups is 2. The van der Waals surface area contributed by atoms with E-state index in [1.54, 1.807) is 0 Å². The summed E-state index contributed by atoms with van der Waals surface area (Å²) >= 11 is 0. The van der Waals surface area contributed by atoms with Crippen molar-refractivity contribution in [3.63, 3.8) is 0 Å². The normalized spacial score (nSPS) is 14.8. The van der Waals surface area contributed by atoms with Gasteiger partial charge < -0.3 is 10.0 Å². The molecule has 1 aliphatic carbocycles. The summed E-state index contributed by atoms with van der Waals surface area (Å²) in [5.41, 5.74) is 1.26. The van der Waals surface area contributed by atoms with Crippen molar-refractivity contribution in [2.24, 2.45) is 0 Å². The summed E-state index contributed by atoms with van der Waals surface area (Å²) in [6.07, 6.45) is 7.39. The van der Waals surface area contributed by atoms with Gasteiger partial charge in [0.05, 0.1) is 0 Å². The fourth-order valence-electron chi connectivity index (χ4n) is 3.32. The quantitative estimate of drug-likeness (QED) is 0.707. The highest BCUT2D eigenvalue weighted by Crippen LogP contribution is 2.24. The molecule has 0 unspecified atom stereocenters. The van der Waals surface area contributed by atoms with Gasteiger partial charge in [-0.15, -0.1) is 0 Å². The van der Waals surface area contributed by atoms with Crippen molar-refractivity contribution in [2.75, 3.05) is 6.54 Å². The summed E-state index contributed by atoms with van der Waals surface area (Å²) in [5, 5.41) is 8.68. The minimum Gasteiger partial charge on any atom is -0.481 e. The van der Waals surface area contributed by atoms with Crippen LogP contribution in [0.3, 0.4) is 0 Å². The van der Waals surface area contributed by atoms with E-state index < -0.39 is 5.97 Å². The van der Waals surface area contributed by atoms with Gasteiger partial charge in [0.15, 0.2) is 0 Å². The first-order valence-electron chi connectivity index (χ1n) is 8.72. The molecule has 4 nitrogen and oxygen atoms in total. The van der Waals surface area contributed by atoms with E-state index in [2.05, 4.69) is 17.0 Å². The topological polar surface area (TPSA) is 57.6 Å². The Kier molecular flexibility index (Phi) is 7.11. The van der Waals surface area contributed by atoms with E-state index >= 15 is 0 Å². The molecule has 1 N–H and O–H groups in total. The van der Waals surface area contributed by atoms with E-state index in [1.807, 2.05) is 18.2 Å². The Hall–Kier alpha value is -1.84. The lowest BCUT2D eigenvalue weighted by molar-refractivity contribution is -0.138. The SMILES string of the molecule is O=C(O)CCCCC(=O)N(CCc1ccccc1)C1CCCC1. The molecule has 1 amide bonds. The van der Waals surface area contributed by atoms with E-state index in [0.717, 1.165) is 25.8 Å². The van der Waals surface area contributed by atoms with E-state index in [-0.39, 0.29) is 12.3 Å².